The lowest BCUT2D eigenvalue weighted by Gasteiger charge is -2.10. The van der Waals surface area contributed by atoms with Crippen molar-refractivity contribution in [2.75, 3.05) is 7.11 Å². The van der Waals surface area contributed by atoms with E-state index in [9.17, 15) is 4.79 Å². The average Bonchev–Trinajstić information content (AvgIpc) is 2.73. The van der Waals surface area contributed by atoms with Crippen LogP contribution in [0.4, 0.5) is 0 Å². The molecule has 0 N–H and O–H groups in total. The largest absolute Gasteiger partial charge is 0.496 e. The first-order valence-electron chi connectivity index (χ1n) is 5.65. The molecule has 1 aromatic carbocycles. The van der Waals surface area contributed by atoms with Gasteiger partial charge in [-0.1, -0.05) is 0 Å². The molecule has 18 heavy (non-hydrogen) atoms. The SMILES string of the molecule is COc1cc(C)c(C)cc1-c1nc(C)sc1C=O. The van der Waals surface area contributed by atoms with Crippen molar-refractivity contribution in [3.8, 4) is 17.0 Å². The van der Waals surface area contributed by atoms with Crippen LogP contribution in [0.25, 0.3) is 11.3 Å². The number of aromatic nitrogens is 1. The fraction of sp³-hybridized carbons (Fsp3) is 0.286. The van der Waals surface area contributed by atoms with E-state index in [2.05, 4.69) is 4.98 Å². The minimum atomic E-state index is 0.647. The van der Waals surface area contributed by atoms with Crippen LogP contribution in [-0.4, -0.2) is 18.4 Å². The summed E-state index contributed by atoms with van der Waals surface area (Å²) in [6, 6.07) is 4.00. The molecule has 0 aliphatic carbocycles. The molecule has 0 aliphatic heterocycles. The minimum Gasteiger partial charge on any atom is -0.496 e. The first kappa shape index (κ1) is 12.8. The number of benzene rings is 1. The van der Waals surface area contributed by atoms with Crippen LogP contribution in [-0.2, 0) is 0 Å². The third-order valence-electron chi connectivity index (χ3n) is 2.94. The standard InChI is InChI=1S/C14H15NO2S/c1-8-5-11(12(17-4)6-9(8)2)14-13(7-16)18-10(3)15-14/h5-7H,1-4H3. The van der Waals surface area contributed by atoms with Crippen LogP contribution in [0.3, 0.4) is 0 Å². The fourth-order valence-corrected chi connectivity index (χ4v) is 2.61. The smallest absolute Gasteiger partial charge is 0.162 e. The summed E-state index contributed by atoms with van der Waals surface area (Å²) in [5.74, 6) is 0.756. The molecule has 2 rings (SSSR count). The first-order valence-corrected chi connectivity index (χ1v) is 6.46. The van der Waals surface area contributed by atoms with E-state index >= 15 is 0 Å². The van der Waals surface area contributed by atoms with Crippen LogP contribution >= 0.6 is 11.3 Å². The molecule has 0 saturated heterocycles. The molecule has 0 aliphatic rings. The van der Waals surface area contributed by atoms with Gasteiger partial charge >= 0.3 is 0 Å². The van der Waals surface area contributed by atoms with Crippen LogP contribution in [0.5, 0.6) is 5.75 Å². The van der Waals surface area contributed by atoms with Gasteiger partial charge in [0.1, 0.15) is 5.75 Å². The third-order valence-corrected chi connectivity index (χ3v) is 3.83. The summed E-state index contributed by atoms with van der Waals surface area (Å²) >= 11 is 1.40. The van der Waals surface area contributed by atoms with Crippen LogP contribution in [0.2, 0.25) is 0 Å². The summed E-state index contributed by atoms with van der Waals surface area (Å²) < 4.78 is 5.39. The van der Waals surface area contributed by atoms with Crippen LogP contribution < -0.4 is 4.74 Å². The van der Waals surface area contributed by atoms with Crippen molar-refractivity contribution in [2.24, 2.45) is 0 Å². The van der Waals surface area contributed by atoms with Gasteiger partial charge in [0.05, 0.1) is 22.7 Å². The Morgan fingerprint density at radius 1 is 1.22 bits per heavy atom. The lowest BCUT2D eigenvalue weighted by molar-refractivity contribution is 0.112. The maximum absolute atomic E-state index is 11.1. The molecule has 3 nitrogen and oxygen atoms in total. The van der Waals surface area contributed by atoms with Gasteiger partial charge < -0.3 is 4.74 Å². The molecule has 0 saturated carbocycles. The number of aldehydes is 1. The number of carbonyl (C=O) groups is 1. The summed E-state index contributed by atoms with van der Waals surface area (Å²) in [6.07, 6.45) is 0.856. The Bertz CT molecular complexity index is 602. The van der Waals surface area contributed by atoms with E-state index in [0.717, 1.165) is 33.7 Å². The number of nitrogens with zero attached hydrogens (tertiary/aromatic N) is 1. The van der Waals surface area contributed by atoms with Crippen molar-refractivity contribution >= 4 is 17.6 Å². The number of ether oxygens (including phenoxy) is 1. The molecule has 2 aromatic rings. The maximum atomic E-state index is 11.1. The summed E-state index contributed by atoms with van der Waals surface area (Å²) in [5.41, 5.74) is 3.92. The molecule has 1 heterocycles. The molecular weight excluding hydrogens is 246 g/mol. The summed E-state index contributed by atoms with van der Waals surface area (Å²) in [4.78, 5) is 16.2. The average molecular weight is 261 g/mol. The van der Waals surface area contributed by atoms with Gasteiger partial charge in [-0.2, -0.15) is 0 Å². The zero-order valence-corrected chi connectivity index (χ0v) is 11.7. The van der Waals surface area contributed by atoms with Gasteiger partial charge in [-0.15, -0.1) is 11.3 Å². The number of methoxy groups -OCH3 is 1. The van der Waals surface area contributed by atoms with Crippen LogP contribution in [0.15, 0.2) is 12.1 Å². The number of carbonyl (C=O) groups excluding carboxylic acids is 1. The van der Waals surface area contributed by atoms with Crippen molar-refractivity contribution in [1.29, 1.82) is 0 Å². The lowest BCUT2D eigenvalue weighted by Crippen LogP contribution is -1.93. The van der Waals surface area contributed by atoms with Gasteiger partial charge in [-0.3, -0.25) is 4.79 Å². The monoisotopic (exact) mass is 261 g/mol. The summed E-state index contributed by atoms with van der Waals surface area (Å²) in [5, 5.41) is 0.882. The predicted octanol–water partition coefficient (Wildman–Crippen LogP) is 3.56. The molecule has 0 amide bonds. The van der Waals surface area contributed by atoms with Gasteiger partial charge in [-0.25, -0.2) is 4.98 Å². The Hall–Kier alpha value is -1.68. The molecule has 1 aromatic heterocycles. The lowest BCUT2D eigenvalue weighted by atomic mass is 10.0. The van der Waals surface area contributed by atoms with E-state index in [1.165, 1.54) is 11.3 Å². The van der Waals surface area contributed by atoms with Crippen LogP contribution in [0.1, 0.15) is 25.8 Å². The van der Waals surface area contributed by atoms with E-state index in [-0.39, 0.29) is 0 Å². The molecule has 0 bridgehead atoms. The molecule has 0 spiro atoms. The van der Waals surface area contributed by atoms with E-state index in [1.54, 1.807) is 7.11 Å². The topological polar surface area (TPSA) is 39.2 Å². The zero-order valence-electron chi connectivity index (χ0n) is 10.9. The van der Waals surface area contributed by atoms with E-state index in [4.69, 9.17) is 4.74 Å². The minimum absolute atomic E-state index is 0.647. The number of hydrogen-bond acceptors (Lipinski definition) is 4. The molecular formula is C14H15NO2S. The molecule has 0 fully saturated rings. The van der Waals surface area contributed by atoms with Gasteiger partial charge in [0.15, 0.2) is 6.29 Å². The Morgan fingerprint density at radius 2 is 1.89 bits per heavy atom. The second-order valence-corrected chi connectivity index (χ2v) is 5.44. The van der Waals surface area contributed by atoms with Crippen molar-refractivity contribution in [2.45, 2.75) is 20.8 Å². The maximum Gasteiger partial charge on any atom is 0.162 e. The van der Waals surface area contributed by atoms with E-state index in [1.807, 2.05) is 32.9 Å². The van der Waals surface area contributed by atoms with Crippen LogP contribution in [0, 0.1) is 20.8 Å². The molecule has 0 atom stereocenters. The number of hydrogen-bond donors (Lipinski definition) is 0. The molecule has 4 heteroatoms. The highest BCUT2D eigenvalue weighted by atomic mass is 32.1. The highest BCUT2D eigenvalue weighted by molar-refractivity contribution is 7.13. The number of thiazole rings is 1. The van der Waals surface area contributed by atoms with Crippen molar-refractivity contribution in [3.63, 3.8) is 0 Å². The Kier molecular flexibility index (Phi) is 3.48. The predicted molar refractivity (Wildman–Crippen MR) is 73.7 cm³/mol. The van der Waals surface area contributed by atoms with E-state index in [0.29, 0.717) is 10.6 Å². The summed E-state index contributed by atoms with van der Waals surface area (Å²) in [7, 11) is 1.63. The number of rotatable bonds is 3. The Balaban J connectivity index is 2.69. The zero-order chi connectivity index (χ0) is 13.3. The molecule has 0 unspecified atom stereocenters. The van der Waals surface area contributed by atoms with Gasteiger partial charge in [0.25, 0.3) is 0 Å². The highest BCUT2D eigenvalue weighted by Crippen LogP contribution is 2.35. The van der Waals surface area contributed by atoms with Crippen molar-refractivity contribution in [1.82, 2.24) is 4.98 Å². The second kappa shape index (κ2) is 4.90. The van der Waals surface area contributed by atoms with Crippen molar-refractivity contribution < 1.29 is 9.53 Å². The van der Waals surface area contributed by atoms with E-state index < -0.39 is 0 Å². The van der Waals surface area contributed by atoms with Crippen molar-refractivity contribution in [3.05, 3.63) is 33.1 Å². The molecule has 94 valence electrons. The first-order chi connectivity index (χ1) is 8.56. The second-order valence-electron chi connectivity index (χ2n) is 4.20. The highest BCUT2D eigenvalue weighted by Gasteiger charge is 2.16. The Labute approximate surface area is 110 Å². The fourth-order valence-electron chi connectivity index (χ4n) is 1.86. The third kappa shape index (κ3) is 2.16. The normalized spacial score (nSPS) is 10.4. The number of aryl methyl sites for hydroxylation is 3. The molecule has 0 radical (unpaired) electrons. The van der Waals surface area contributed by atoms with Gasteiger partial charge in [-0.05, 0) is 44.0 Å². The quantitative estimate of drug-likeness (QED) is 0.793. The summed E-state index contributed by atoms with van der Waals surface area (Å²) in [6.45, 7) is 5.97. The Morgan fingerprint density at radius 3 is 2.50 bits per heavy atom. The van der Waals surface area contributed by atoms with Gasteiger partial charge in [0.2, 0.25) is 0 Å². The van der Waals surface area contributed by atoms with Gasteiger partial charge in [0, 0.05) is 5.56 Å².